The highest BCUT2D eigenvalue weighted by atomic mass is 35.5. The summed E-state index contributed by atoms with van der Waals surface area (Å²) in [5.41, 5.74) is 0. The molecule has 2 heterocycles. The fraction of sp³-hybridized carbons (Fsp3) is 0.800. The average molecular weight is 231 g/mol. The number of aryl methyl sites for hydroxylation is 1. The molecule has 0 N–H and O–H groups in total. The molecule has 1 saturated heterocycles. The van der Waals surface area contributed by atoms with Crippen LogP contribution >= 0.6 is 11.6 Å². The molecule has 0 amide bonds. The average Bonchev–Trinajstić information content (AvgIpc) is 2.76. The van der Waals surface area contributed by atoms with E-state index in [4.69, 9.17) is 20.8 Å². The largest absolute Gasteiger partial charge is 0.425 e. The molecule has 4 nitrogen and oxygen atoms in total. The number of alkyl halides is 1. The van der Waals surface area contributed by atoms with Crippen LogP contribution in [0.15, 0.2) is 4.42 Å². The maximum atomic E-state index is 5.60. The first-order chi connectivity index (χ1) is 7.40. The van der Waals surface area contributed by atoms with Crippen molar-refractivity contribution in [2.75, 3.05) is 19.1 Å². The maximum Gasteiger partial charge on any atom is 0.219 e. The highest BCUT2D eigenvalue weighted by Crippen LogP contribution is 2.25. The van der Waals surface area contributed by atoms with Crippen LogP contribution in [0.3, 0.4) is 0 Å². The summed E-state index contributed by atoms with van der Waals surface area (Å²) >= 11 is 5.60. The molecule has 84 valence electrons. The lowest BCUT2D eigenvalue weighted by Gasteiger charge is -2.18. The molecule has 1 aliphatic heterocycles. The molecule has 0 aromatic carbocycles. The SMILES string of the molecule is ClCCCc1nnc(C2CCOCC2)o1. The Kier molecular flexibility index (Phi) is 3.97. The molecule has 1 fully saturated rings. The molecule has 2 rings (SSSR count). The number of nitrogens with zero attached hydrogens (tertiary/aromatic N) is 2. The van der Waals surface area contributed by atoms with Crippen molar-refractivity contribution in [2.24, 2.45) is 0 Å². The lowest BCUT2D eigenvalue weighted by molar-refractivity contribution is 0.0791. The zero-order chi connectivity index (χ0) is 10.5. The van der Waals surface area contributed by atoms with E-state index in [1.807, 2.05) is 0 Å². The van der Waals surface area contributed by atoms with Crippen molar-refractivity contribution in [3.05, 3.63) is 11.8 Å². The fourth-order valence-corrected chi connectivity index (χ4v) is 1.83. The van der Waals surface area contributed by atoms with Gasteiger partial charge in [0, 0.05) is 31.4 Å². The maximum absolute atomic E-state index is 5.60. The van der Waals surface area contributed by atoms with Crippen LogP contribution in [-0.4, -0.2) is 29.3 Å². The van der Waals surface area contributed by atoms with E-state index in [2.05, 4.69) is 10.2 Å². The number of hydrogen-bond acceptors (Lipinski definition) is 4. The van der Waals surface area contributed by atoms with Gasteiger partial charge in [-0.3, -0.25) is 0 Å². The van der Waals surface area contributed by atoms with Gasteiger partial charge in [-0.15, -0.1) is 21.8 Å². The highest BCUT2D eigenvalue weighted by molar-refractivity contribution is 6.17. The van der Waals surface area contributed by atoms with Gasteiger partial charge in [0.05, 0.1) is 0 Å². The summed E-state index contributed by atoms with van der Waals surface area (Å²) in [6, 6.07) is 0. The van der Waals surface area contributed by atoms with Crippen molar-refractivity contribution in [1.82, 2.24) is 10.2 Å². The molecule has 0 bridgehead atoms. The van der Waals surface area contributed by atoms with E-state index in [9.17, 15) is 0 Å². The normalized spacial score (nSPS) is 18.2. The minimum Gasteiger partial charge on any atom is -0.425 e. The van der Waals surface area contributed by atoms with E-state index in [-0.39, 0.29) is 0 Å². The molecule has 1 aromatic rings. The van der Waals surface area contributed by atoms with Crippen LogP contribution in [0.25, 0.3) is 0 Å². The molecule has 0 atom stereocenters. The number of hydrogen-bond donors (Lipinski definition) is 0. The molecule has 1 aliphatic rings. The first-order valence-corrected chi connectivity index (χ1v) is 5.89. The van der Waals surface area contributed by atoms with Crippen LogP contribution < -0.4 is 0 Å². The van der Waals surface area contributed by atoms with Gasteiger partial charge in [-0.25, -0.2) is 0 Å². The molecule has 15 heavy (non-hydrogen) atoms. The minimum absolute atomic E-state index is 0.385. The van der Waals surface area contributed by atoms with Gasteiger partial charge >= 0.3 is 0 Å². The lowest BCUT2D eigenvalue weighted by Crippen LogP contribution is -2.14. The van der Waals surface area contributed by atoms with E-state index >= 15 is 0 Å². The van der Waals surface area contributed by atoms with Crippen LogP contribution in [0, 0.1) is 0 Å². The van der Waals surface area contributed by atoms with Crippen molar-refractivity contribution in [3.8, 4) is 0 Å². The summed E-state index contributed by atoms with van der Waals surface area (Å²) in [6.45, 7) is 1.59. The standard InChI is InChI=1S/C10H15ClN2O2/c11-5-1-2-9-12-13-10(15-9)8-3-6-14-7-4-8/h8H,1-7H2. The number of aromatic nitrogens is 2. The summed E-state index contributed by atoms with van der Waals surface area (Å²) in [7, 11) is 0. The van der Waals surface area contributed by atoms with Crippen molar-refractivity contribution in [2.45, 2.75) is 31.6 Å². The summed E-state index contributed by atoms with van der Waals surface area (Å²) in [4.78, 5) is 0. The summed E-state index contributed by atoms with van der Waals surface area (Å²) < 4.78 is 10.9. The Balaban J connectivity index is 1.93. The Morgan fingerprint density at radius 1 is 1.27 bits per heavy atom. The van der Waals surface area contributed by atoms with Crippen LogP contribution in [-0.2, 0) is 11.2 Å². The van der Waals surface area contributed by atoms with Gasteiger partial charge in [-0.1, -0.05) is 0 Å². The first-order valence-electron chi connectivity index (χ1n) is 5.36. The Morgan fingerprint density at radius 2 is 2.07 bits per heavy atom. The quantitative estimate of drug-likeness (QED) is 0.744. The van der Waals surface area contributed by atoms with Gasteiger partial charge in [0.15, 0.2) is 0 Å². The van der Waals surface area contributed by atoms with Gasteiger partial charge in [0.25, 0.3) is 0 Å². The Labute approximate surface area is 94.0 Å². The van der Waals surface area contributed by atoms with Crippen molar-refractivity contribution in [3.63, 3.8) is 0 Å². The monoisotopic (exact) mass is 230 g/mol. The second-order valence-electron chi connectivity index (χ2n) is 3.71. The molecule has 0 radical (unpaired) electrons. The third kappa shape index (κ3) is 2.92. The predicted molar refractivity (Wildman–Crippen MR) is 56.1 cm³/mol. The second kappa shape index (κ2) is 5.47. The van der Waals surface area contributed by atoms with Crippen molar-refractivity contribution < 1.29 is 9.15 Å². The molecule has 5 heteroatoms. The third-order valence-electron chi connectivity index (χ3n) is 2.58. The number of halogens is 1. The van der Waals surface area contributed by atoms with Gasteiger partial charge in [0.1, 0.15) is 0 Å². The first kappa shape index (κ1) is 10.9. The fourth-order valence-electron chi connectivity index (χ4n) is 1.70. The van der Waals surface area contributed by atoms with Crippen LogP contribution in [0.5, 0.6) is 0 Å². The molecule has 1 aromatic heterocycles. The van der Waals surface area contributed by atoms with E-state index in [0.717, 1.165) is 44.8 Å². The van der Waals surface area contributed by atoms with Crippen LogP contribution in [0.2, 0.25) is 0 Å². The van der Waals surface area contributed by atoms with Gasteiger partial charge in [-0.2, -0.15) is 0 Å². The second-order valence-corrected chi connectivity index (χ2v) is 4.09. The summed E-state index contributed by atoms with van der Waals surface area (Å²) in [5.74, 6) is 2.49. The number of ether oxygens (including phenoxy) is 1. The molecule has 0 aliphatic carbocycles. The molecule has 0 spiro atoms. The highest BCUT2D eigenvalue weighted by Gasteiger charge is 2.21. The van der Waals surface area contributed by atoms with E-state index in [1.54, 1.807) is 0 Å². The van der Waals surface area contributed by atoms with Gasteiger partial charge in [0.2, 0.25) is 11.8 Å². The lowest BCUT2D eigenvalue weighted by atomic mass is 10.0. The van der Waals surface area contributed by atoms with Crippen LogP contribution in [0.4, 0.5) is 0 Å². The molecular formula is C10H15ClN2O2. The number of rotatable bonds is 4. The topological polar surface area (TPSA) is 48.2 Å². The van der Waals surface area contributed by atoms with E-state index in [1.165, 1.54) is 0 Å². The molecule has 0 unspecified atom stereocenters. The van der Waals surface area contributed by atoms with E-state index in [0.29, 0.717) is 17.7 Å². The Morgan fingerprint density at radius 3 is 2.80 bits per heavy atom. The molecule has 0 saturated carbocycles. The Bertz CT molecular complexity index is 297. The smallest absolute Gasteiger partial charge is 0.219 e. The zero-order valence-electron chi connectivity index (χ0n) is 8.62. The Hall–Kier alpha value is -0.610. The van der Waals surface area contributed by atoms with Gasteiger partial charge in [-0.05, 0) is 19.3 Å². The third-order valence-corrected chi connectivity index (χ3v) is 2.84. The van der Waals surface area contributed by atoms with Crippen LogP contribution in [0.1, 0.15) is 37.0 Å². The summed E-state index contributed by atoms with van der Waals surface area (Å²) in [5, 5.41) is 8.09. The van der Waals surface area contributed by atoms with Crippen molar-refractivity contribution in [1.29, 1.82) is 0 Å². The van der Waals surface area contributed by atoms with Gasteiger partial charge < -0.3 is 9.15 Å². The summed E-state index contributed by atoms with van der Waals surface area (Å²) in [6.07, 6.45) is 3.63. The minimum atomic E-state index is 0.385. The van der Waals surface area contributed by atoms with Crippen molar-refractivity contribution >= 4 is 11.6 Å². The zero-order valence-corrected chi connectivity index (χ0v) is 9.37. The van der Waals surface area contributed by atoms with E-state index < -0.39 is 0 Å². The predicted octanol–water partition coefficient (Wildman–Crippen LogP) is 2.13. The molecular weight excluding hydrogens is 216 g/mol.